The first-order chi connectivity index (χ1) is 4.61. The molecule has 1 aromatic carbocycles. The van der Waals surface area contributed by atoms with E-state index in [1.807, 2.05) is 12.1 Å². The van der Waals surface area contributed by atoms with Crippen LogP contribution in [0.15, 0.2) is 24.3 Å². The van der Waals surface area contributed by atoms with Crippen LogP contribution in [0, 0.1) is 6.07 Å². The molecule has 10 heavy (non-hydrogen) atoms. The fourth-order valence-electron chi connectivity index (χ4n) is 0.860. The zero-order valence-corrected chi connectivity index (χ0v) is 8.91. The Morgan fingerprint density at radius 3 is 2.20 bits per heavy atom. The molecule has 0 unspecified atom stereocenters. The Morgan fingerprint density at radius 1 is 1.20 bits per heavy atom. The van der Waals surface area contributed by atoms with Crippen molar-refractivity contribution in [1.29, 1.82) is 0 Å². The first kappa shape index (κ1) is 7.87. The Kier molecular flexibility index (Phi) is 2.19. The quantitative estimate of drug-likeness (QED) is 0.599. The average Bonchev–Trinajstić information content (AvgIpc) is 1.88. The van der Waals surface area contributed by atoms with Gasteiger partial charge in [0.15, 0.2) is 0 Å². The van der Waals surface area contributed by atoms with Crippen molar-refractivity contribution in [2.75, 3.05) is 0 Å². The molecule has 0 atom stereocenters. The molecule has 0 spiro atoms. The number of benzene rings is 1. The van der Waals surface area contributed by atoms with Crippen molar-refractivity contribution in [1.82, 2.24) is 0 Å². The first-order valence-corrected chi connectivity index (χ1v) is 10.9. The van der Waals surface area contributed by atoms with Gasteiger partial charge in [-0.15, -0.1) is 0 Å². The van der Waals surface area contributed by atoms with Gasteiger partial charge < -0.3 is 0 Å². The van der Waals surface area contributed by atoms with E-state index in [2.05, 4.69) is 35.5 Å². The molecule has 0 aliphatic rings. The molecule has 0 aromatic heterocycles. The molecule has 1 rings (SSSR count). The molecule has 0 aliphatic carbocycles. The van der Waals surface area contributed by atoms with E-state index >= 15 is 0 Å². The van der Waals surface area contributed by atoms with Gasteiger partial charge in [-0.1, -0.05) is 0 Å². The van der Waals surface area contributed by atoms with Gasteiger partial charge in [0, 0.05) is 0 Å². The summed E-state index contributed by atoms with van der Waals surface area (Å²) in [7, 11) is 0. The maximum absolute atomic E-state index is 3.29. The van der Waals surface area contributed by atoms with Crippen LogP contribution in [0.3, 0.4) is 0 Å². The second-order valence-corrected chi connectivity index (χ2v) is 14.1. The van der Waals surface area contributed by atoms with E-state index in [4.69, 9.17) is 0 Å². The van der Waals surface area contributed by atoms with Gasteiger partial charge in [0.05, 0.1) is 0 Å². The summed E-state index contributed by atoms with van der Waals surface area (Å²) in [5, 5.41) is 0. The third-order valence-electron chi connectivity index (χ3n) is 1.52. The van der Waals surface area contributed by atoms with Crippen LogP contribution >= 0.6 is 0 Å². The molecular formula is C9H13Ge. The van der Waals surface area contributed by atoms with E-state index < -0.39 is 13.3 Å². The predicted molar refractivity (Wildman–Crippen MR) is 48.3 cm³/mol. The second-order valence-electron chi connectivity index (χ2n) is 3.53. The van der Waals surface area contributed by atoms with Crippen molar-refractivity contribution in [2.45, 2.75) is 17.3 Å². The minimum atomic E-state index is -1.55. The van der Waals surface area contributed by atoms with Crippen molar-refractivity contribution < 1.29 is 0 Å². The fraction of sp³-hybridized carbons (Fsp3) is 0.333. The predicted octanol–water partition coefficient (Wildman–Crippen LogP) is 2.03. The Hall–Kier alpha value is -0.237. The molecule has 0 amide bonds. The molecule has 0 saturated heterocycles. The Bertz CT molecular complexity index is 196. The van der Waals surface area contributed by atoms with Crippen LogP contribution in [-0.2, 0) is 0 Å². The third-order valence-corrected chi connectivity index (χ3v) is 5.56. The zero-order valence-electron chi connectivity index (χ0n) is 6.81. The summed E-state index contributed by atoms with van der Waals surface area (Å²) in [4.78, 5) is 0. The topological polar surface area (TPSA) is 0 Å². The molecular weight excluding hydrogens is 181 g/mol. The molecule has 1 aromatic rings. The summed E-state index contributed by atoms with van der Waals surface area (Å²) in [5.74, 6) is 7.14. The summed E-state index contributed by atoms with van der Waals surface area (Å²) in [5.41, 5.74) is 0. The van der Waals surface area contributed by atoms with E-state index in [1.165, 1.54) is 4.40 Å². The monoisotopic (exact) mass is 195 g/mol. The van der Waals surface area contributed by atoms with Crippen LogP contribution in [0.5, 0.6) is 0 Å². The molecule has 0 saturated carbocycles. The Balaban J connectivity index is 2.97. The number of rotatable bonds is 1. The molecule has 0 heterocycles. The summed E-state index contributed by atoms with van der Waals surface area (Å²) in [6.07, 6.45) is 0. The molecule has 53 valence electrons. The maximum atomic E-state index is 3.29. The van der Waals surface area contributed by atoms with Gasteiger partial charge in [-0.3, -0.25) is 0 Å². The van der Waals surface area contributed by atoms with E-state index in [0.29, 0.717) is 0 Å². The van der Waals surface area contributed by atoms with Gasteiger partial charge in [-0.2, -0.15) is 0 Å². The summed E-state index contributed by atoms with van der Waals surface area (Å²) in [6, 6.07) is 11.6. The molecule has 1 heteroatoms. The van der Waals surface area contributed by atoms with Crippen molar-refractivity contribution in [3.63, 3.8) is 0 Å². The normalized spacial score (nSPS) is 11.5. The van der Waals surface area contributed by atoms with E-state index in [-0.39, 0.29) is 0 Å². The Morgan fingerprint density at radius 2 is 1.90 bits per heavy atom. The van der Waals surface area contributed by atoms with E-state index in [1.54, 1.807) is 0 Å². The minimum absolute atomic E-state index is 1.46. The summed E-state index contributed by atoms with van der Waals surface area (Å²) in [6.45, 7) is 0. The number of hydrogen-bond acceptors (Lipinski definition) is 0. The van der Waals surface area contributed by atoms with Crippen LogP contribution in [-0.4, -0.2) is 13.3 Å². The van der Waals surface area contributed by atoms with Gasteiger partial charge >= 0.3 is 65.3 Å². The van der Waals surface area contributed by atoms with Gasteiger partial charge in [0.25, 0.3) is 0 Å². The number of hydrogen-bond donors (Lipinski definition) is 0. The molecule has 0 nitrogen and oxygen atoms in total. The van der Waals surface area contributed by atoms with Crippen molar-refractivity contribution in [2.24, 2.45) is 0 Å². The molecule has 0 bridgehead atoms. The molecule has 0 fully saturated rings. The second kappa shape index (κ2) is 2.79. The first-order valence-electron chi connectivity index (χ1n) is 3.58. The SMILES string of the molecule is [CH3][Ge]([CH3])([CH3])[c]1[c]cccc1. The third kappa shape index (κ3) is 1.87. The molecule has 0 N–H and O–H groups in total. The van der Waals surface area contributed by atoms with Crippen LogP contribution in [0.25, 0.3) is 0 Å². The van der Waals surface area contributed by atoms with Crippen LogP contribution in [0.1, 0.15) is 0 Å². The zero-order chi connectivity index (χ0) is 7.61. The van der Waals surface area contributed by atoms with Gasteiger partial charge in [-0.25, -0.2) is 0 Å². The van der Waals surface area contributed by atoms with Crippen molar-refractivity contribution >= 4 is 17.7 Å². The average molecular weight is 194 g/mol. The van der Waals surface area contributed by atoms with Gasteiger partial charge in [0.1, 0.15) is 0 Å². The summed E-state index contributed by atoms with van der Waals surface area (Å²) < 4.78 is 1.46. The van der Waals surface area contributed by atoms with Gasteiger partial charge in [0.2, 0.25) is 0 Å². The standard InChI is InChI=1S/C9H13Ge/c1-10(2,3)9-7-5-4-6-8-9/h4-7H,1-3H3. The fourth-order valence-corrected chi connectivity index (χ4v) is 3.19. The molecule has 0 aliphatic heterocycles. The summed E-state index contributed by atoms with van der Waals surface area (Å²) >= 11 is -1.55. The molecule has 1 radical (unpaired) electrons. The van der Waals surface area contributed by atoms with Crippen LogP contribution in [0.4, 0.5) is 0 Å². The van der Waals surface area contributed by atoms with Crippen LogP contribution in [0.2, 0.25) is 17.3 Å². The van der Waals surface area contributed by atoms with E-state index in [0.717, 1.165) is 0 Å². The van der Waals surface area contributed by atoms with E-state index in [9.17, 15) is 0 Å². The van der Waals surface area contributed by atoms with Gasteiger partial charge in [-0.05, 0) is 0 Å². The van der Waals surface area contributed by atoms with Crippen molar-refractivity contribution in [3.05, 3.63) is 30.3 Å². The van der Waals surface area contributed by atoms with Crippen molar-refractivity contribution in [3.8, 4) is 0 Å². The van der Waals surface area contributed by atoms with Crippen LogP contribution < -0.4 is 4.40 Å². The Labute approximate surface area is 65.6 Å².